The van der Waals surface area contributed by atoms with Gasteiger partial charge in [-0.05, 0) is 19.3 Å². The molecule has 2 aliphatic heterocycles. The Morgan fingerprint density at radius 3 is 2.86 bits per heavy atom. The minimum atomic E-state index is -2.89. The highest BCUT2D eigenvalue weighted by Gasteiger charge is 2.27. The standard InChI is InChI=1S/C13H20N4O3S/c18-21(19)5-3-10(8-21)17-13-6-12(15-9-16-13)14-7-11-2-1-4-20-11/h6,9-11H,1-5,7-8H2,(H2,14,15,16,17). The predicted molar refractivity (Wildman–Crippen MR) is 80.2 cm³/mol. The number of nitrogens with one attached hydrogen (secondary N) is 2. The van der Waals surface area contributed by atoms with Gasteiger partial charge in [0.2, 0.25) is 0 Å². The maximum absolute atomic E-state index is 11.4. The second kappa shape index (κ2) is 6.15. The summed E-state index contributed by atoms with van der Waals surface area (Å²) in [7, 11) is -2.89. The quantitative estimate of drug-likeness (QED) is 0.825. The lowest BCUT2D eigenvalue weighted by atomic mass is 10.2. The number of hydrogen-bond acceptors (Lipinski definition) is 7. The predicted octanol–water partition coefficient (Wildman–Crippen LogP) is 0.666. The van der Waals surface area contributed by atoms with Gasteiger partial charge in [-0.2, -0.15) is 0 Å². The van der Waals surface area contributed by atoms with Gasteiger partial charge in [-0.15, -0.1) is 0 Å². The number of anilines is 2. The fraction of sp³-hybridized carbons (Fsp3) is 0.692. The zero-order valence-electron chi connectivity index (χ0n) is 11.8. The smallest absolute Gasteiger partial charge is 0.152 e. The number of rotatable bonds is 5. The van der Waals surface area contributed by atoms with E-state index in [0.29, 0.717) is 12.2 Å². The van der Waals surface area contributed by atoms with E-state index >= 15 is 0 Å². The third kappa shape index (κ3) is 4.04. The molecule has 2 N–H and O–H groups in total. The van der Waals surface area contributed by atoms with Crippen LogP contribution in [-0.4, -0.2) is 55.2 Å². The Bertz CT molecular complexity index is 587. The van der Waals surface area contributed by atoms with E-state index in [4.69, 9.17) is 4.74 Å². The van der Waals surface area contributed by atoms with Gasteiger partial charge in [0, 0.05) is 25.3 Å². The van der Waals surface area contributed by atoms with Gasteiger partial charge in [0.25, 0.3) is 0 Å². The summed E-state index contributed by atoms with van der Waals surface area (Å²) < 4.78 is 28.4. The minimum Gasteiger partial charge on any atom is -0.376 e. The summed E-state index contributed by atoms with van der Waals surface area (Å²) in [6.07, 6.45) is 4.54. The third-order valence-electron chi connectivity index (χ3n) is 3.79. The van der Waals surface area contributed by atoms with Crippen molar-refractivity contribution in [2.45, 2.75) is 31.4 Å². The van der Waals surface area contributed by atoms with Gasteiger partial charge in [0.05, 0.1) is 17.6 Å². The van der Waals surface area contributed by atoms with Gasteiger partial charge in [0.1, 0.15) is 18.0 Å². The van der Waals surface area contributed by atoms with Crippen LogP contribution in [0.3, 0.4) is 0 Å². The number of ether oxygens (including phenoxy) is 1. The first kappa shape index (κ1) is 14.5. The summed E-state index contributed by atoms with van der Waals surface area (Å²) in [5.74, 6) is 1.81. The van der Waals surface area contributed by atoms with Crippen molar-refractivity contribution in [2.75, 3.05) is 35.3 Å². The Morgan fingerprint density at radius 1 is 1.29 bits per heavy atom. The maximum Gasteiger partial charge on any atom is 0.152 e. The second-order valence-corrected chi connectivity index (χ2v) is 7.78. The molecule has 0 bridgehead atoms. The highest BCUT2D eigenvalue weighted by molar-refractivity contribution is 7.91. The van der Waals surface area contributed by atoms with Gasteiger partial charge >= 0.3 is 0 Å². The Hall–Kier alpha value is -1.41. The Balaban J connectivity index is 1.55. The highest BCUT2D eigenvalue weighted by Crippen LogP contribution is 2.18. The zero-order chi connectivity index (χ0) is 14.7. The van der Waals surface area contributed by atoms with Crippen LogP contribution in [0.25, 0.3) is 0 Å². The van der Waals surface area contributed by atoms with Crippen LogP contribution in [0.1, 0.15) is 19.3 Å². The molecule has 0 aliphatic carbocycles. The van der Waals surface area contributed by atoms with Crippen molar-refractivity contribution in [3.05, 3.63) is 12.4 Å². The van der Waals surface area contributed by atoms with Crippen LogP contribution >= 0.6 is 0 Å². The average molecular weight is 312 g/mol. The molecule has 2 aliphatic rings. The van der Waals surface area contributed by atoms with Crippen molar-refractivity contribution >= 4 is 21.5 Å². The molecule has 1 aromatic heterocycles. The fourth-order valence-electron chi connectivity index (χ4n) is 2.67. The number of sulfone groups is 1. The van der Waals surface area contributed by atoms with E-state index in [1.165, 1.54) is 6.33 Å². The first-order chi connectivity index (χ1) is 10.1. The van der Waals surface area contributed by atoms with E-state index in [2.05, 4.69) is 20.6 Å². The topological polar surface area (TPSA) is 93.2 Å². The minimum absolute atomic E-state index is 0.0593. The molecule has 3 rings (SSSR count). The molecule has 0 saturated carbocycles. The van der Waals surface area contributed by atoms with Crippen LogP contribution in [0.15, 0.2) is 12.4 Å². The van der Waals surface area contributed by atoms with Crippen molar-refractivity contribution in [1.82, 2.24) is 9.97 Å². The zero-order valence-corrected chi connectivity index (χ0v) is 12.6. The summed E-state index contributed by atoms with van der Waals surface area (Å²) in [6, 6.07) is 1.75. The molecule has 0 amide bonds. The van der Waals surface area contributed by atoms with E-state index < -0.39 is 9.84 Å². The van der Waals surface area contributed by atoms with Crippen molar-refractivity contribution in [3.8, 4) is 0 Å². The van der Waals surface area contributed by atoms with Crippen LogP contribution in [0, 0.1) is 0 Å². The summed E-state index contributed by atoms with van der Waals surface area (Å²) in [5, 5.41) is 6.40. The monoisotopic (exact) mass is 312 g/mol. The summed E-state index contributed by atoms with van der Waals surface area (Å²) >= 11 is 0. The summed E-state index contributed by atoms with van der Waals surface area (Å²) in [4.78, 5) is 8.31. The Kier molecular flexibility index (Phi) is 4.25. The first-order valence-electron chi connectivity index (χ1n) is 7.25. The van der Waals surface area contributed by atoms with Gasteiger partial charge in [-0.1, -0.05) is 0 Å². The van der Waals surface area contributed by atoms with Crippen molar-refractivity contribution in [2.24, 2.45) is 0 Å². The highest BCUT2D eigenvalue weighted by atomic mass is 32.2. The first-order valence-corrected chi connectivity index (χ1v) is 9.07. The molecule has 0 radical (unpaired) electrons. The number of nitrogens with zero attached hydrogens (tertiary/aromatic N) is 2. The fourth-order valence-corrected chi connectivity index (χ4v) is 4.35. The van der Waals surface area contributed by atoms with Gasteiger partial charge in [-0.25, -0.2) is 18.4 Å². The van der Waals surface area contributed by atoms with Gasteiger partial charge in [0.15, 0.2) is 9.84 Å². The molecule has 21 heavy (non-hydrogen) atoms. The van der Waals surface area contributed by atoms with Crippen molar-refractivity contribution in [3.63, 3.8) is 0 Å². The van der Waals surface area contributed by atoms with Crippen LogP contribution in [0.2, 0.25) is 0 Å². The Labute approximate surface area is 124 Å². The molecular formula is C13H20N4O3S. The average Bonchev–Trinajstić information content (AvgIpc) is 3.07. The van der Waals surface area contributed by atoms with E-state index in [1.807, 2.05) is 0 Å². The molecule has 2 fully saturated rings. The largest absolute Gasteiger partial charge is 0.376 e. The molecule has 3 heterocycles. The van der Waals surface area contributed by atoms with E-state index in [9.17, 15) is 8.42 Å². The summed E-state index contributed by atoms with van der Waals surface area (Å²) in [5.41, 5.74) is 0. The summed E-state index contributed by atoms with van der Waals surface area (Å²) in [6.45, 7) is 1.56. The van der Waals surface area contributed by atoms with Crippen LogP contribution < -0.4 is 10.6 Å². The van der Waals surface area contributed by atoms with Gasteiger partial charge < -0.3 is 15.4 Å². The maximum atomic E-state index is 11.4. The van der Waals surface area contributed by atoms with Crippen molar-refractivity contribution in [1.29, 1.82) is 0 Å². The molecule has 2 atom stereocenters. The lowest BCUT2D eigenvalue weighted by molar-refractivity contribution is 0.120. The van der Waals surface area contributed by atoms with Crippen LogP contribution in [-0.2, 0) is 14.6 Å². The number of aromatic nitrogens is 2. The molecule has 1 aromatic rings. The van der Waals surface area contributed by atoms with Crippen molar-refractivity contribution < 1.29 is 13.2 Å². The molecule has 2 unspecified atom stereocenters. The van der Waals surface area contributed by atoms with Crippen LogP contribution in [0.4, 0.5) is 11.6 Å². The Morgan fingerprint density at radius 2 is 2.14 bits per heavy atom. The van der Waals surface area contributed by atoms with Crippen LogP contribution in [0.5, 0.6) is 0 Å². The SMILES string of the molecule is O=S1(=O)CCC(Nc2cc(NCC3CCCO3)ncn2)C1. The molecule has 116 valence electrons. The lowest BCUT2D eigenvalue weighted by Gasteiger charge is -2.14. The third-order valence-corrected chi connectivity index (χ3v) is 5.55. The molecule has 0 aromatic carbocycles. The molecule has 2 saturated heterocycles. The molecule has 7 nitrogen and oxygen atoms in total. The molecular weight excluding hydrogens is 292 g/mol. The molecule has 0 spiro atoms. The normalized spacial score (nSPS) is 27.6. The van der Waals surface area contributed by atoms with E-state index in [-0.39, 0.29) is 23.7 Å². The number of hydrogen-bond donors (Lipinski definition) is 2. The second-order valence-electron chi connectivity index (χ2n) is 5.55. The molecule has 8 heteroatoms. The van der Waals surface area contributed by atoms with E-state index in [0.717, 1.165) is 31.8 Å². The van der Waals surface area contributed by atoms with Gasteiger partial charge in [-0.3, -0.25) is 0 Å². The van der Waals surface area contributed by atoms with E-state index in [1.54, 1.807) is 6.07 Å². The lowest BCUT2D eigenvalue weighted by Crippen LogP contribution is -2.22.